The lowest BCUT2D eigenvalue weighted by Gasteiger charge is -2.50. The number of rotatable bonds is 6. The van der Waals surface area contributed by atoms with E-state index < -0.39 is 11.0 Å². The molecule has 1 saturated carbocycles. The molecule has 0 amide bonds. The Labute approximate surface area is 167 Å². The van der Waals surface area contributed by atoms with Crippen LogP contribution in [0.1, 0.15) is 43.7 Å². The van der Waals surface area contributed by atoms with Gasteiger partial charge in [-0.2, -0.15) is 0 Å². The van der Waals surface area contributed by atoms with E-state index in [1.807, 2.05) is 49.4 Å². The fourth-order valence-corrected chi connectivity index (χ4v) is 4.82. The topological polar surface area (TPSA) is 55.8 Å². The number of benzene rings is 2. The number of hydrogen-bond donors (Lipinski definition) is 1. The number of aryl methyl sites for hydroxylation is 1. The monoisotopic (exact) mass is 382 g/mol. The summed E-state index contributed by atoms with van der Waals surface area (Å²) in [7, 11) is 3.06. The minimum Gasteiger partial charge on any atom is -0.497 e. The van der Waals surface area contributed by atoms with Gasteiger partial charge in [-0.05, 0) is 62.3 Å². The summed E-state index contributed by atoms with van der Waals surface area (Å²) in [5.74, 6) is 0.270. The van der Waals surface area contributed by atoms with Crippen LogP contribution in [-0.2, 0) is 21.6 Å². The zero-order chi connectivity index (χ0) is 20.2. The number of carbonyl (C=O) groups is 1. The lowest BCUT2D eigenvalue weighted by Crippen LogP contribution is -2.52. The first-order valence-corrected chi connectivity index (χ1v) is 9.93. The summed E-state index contributed by atoms with van der Waals surface area (Å²) in [4.78, 5) is 12.8. The van der Waals surface area contributed by atoms with Crippen molar-refractivity contribution < 1.29 is 19.4 Å². The second kappa shape index (κ2) is 8.36. The SMILES string of the molecule is COC(=O)[C@@]1(C)CCC[C@](O)(c2ccc(OC)cc2)[C@H]1CCc1ccccc1. The van der Waals surface area contributed by atoms with E-state index in [4.69, 9.17) is 9.47 Å². The number of esters is 1. The minimum absolute atomic E-state index is 0.239. The summed E-state index contributed by atoms with van der Waals surface area (Å²) in [6.45, 7) is 1.95. The lowest BCUT2D eigenvalue weighted by atomic mass is 9.57. The summed E-state index contributed by atoms with van der Waals surface area (Å²) in [6.07, 6.45) is 3.63. The van der Waals surface area contributed by atoms with Crippen LogP contribution in [0.2, 0.25) is 0 Å². The largest absolute Gasteiger partial charge is 0.497 e. The van der Waals surface area contributed by atoms with Gasteiger partial charge in [-0.3, -0.25) is 4.79 Å². The molecule has 0 bridgehead atoms. The van der Waals surface area contributed by atoms with Crippen molar-refractivity contribution in [1.82, 2.24) is 0 Å². The molecular formula is C24H30O4. The maximum atomic E-state index is 12.8. The third-order valence-corrected chi connectivity index (χ3v) is 6.41. The van der Waals surface area contributed by atoms with Crippen molar-refractivity contribution in [3.05, 3.63) is 65.7 Å². The molecule has 1 aliphatic carbocycles. The van der Waals surface area contributed by atoms with E-state index in [1.54, 1.807) is 7.11 Å². The molecule has 2 aromatic carbocycles. The molecule has 4 nitrogen and oxygen atoms in total. The molecule has 3 atom stereocenters. The number of aliphatic hydroxyl groups is 1. The maximum Gasteiger partial charge on any atom is 0.311 e. The van der Waals surface area contributed by atoms with Gasteiger partial charge in [-0.25, -0.2) is 0 Å². The Morgan fingerprint density at radius 3 is 2.36 bits per heavy atom. The van der Waals surface area contributed by atoms with Gasteiger partial charge < -0.3 is 14.6 Å². The Morgan fingerprint density at radius 2 is 1.75 bits per heavy atom. The molecule has 2 aromatic rings. The molecular weight excluding hydrogens is 352 g/mol. The van der Waals surface area contributed by atoms with Crippen molar-refractivity contribution in [2.75, 3.05) is 14.2 Å². The van der Waals surface area contributed by atoms with Gasteiger partial charge >= 0.3 is 5.97 Å². The second-order valence-electron chi connectivity index (χ2n) is 7.99. The van der Waals surface area contributed by atoms with Gasteiger partial charge in [0.15, 0.2) is 0 Å². The Balaban J connectivity index is 1.98. The third-order valence-electron chi connectivity index (χ3n) is 6.41. The van der Waals surface area contributed by atoms with Crippen LogP contribution in [0.5, 0.6) is 5.75 Å². The molecule has 3 rings (SSSR count). The van der Waals surface area contributed by atoms with Crippen LogP contribution in [0, 0.1) is 11.3 Å². The van der Waals surface area contributed by atoms with E-state index in [-0.39, 0.29) is 11.9 Å². The fourth-order valence-electron chi connectivity index (χ4n) is 4.82. The smallest absolute Gasteiger partial charge is 0.311 e. The van der Waals surface area contributed by atoms with Crippen LogP contribution >= 0.6 is 0 Å². The molecule has 1 fully saturated rings. The highest BCUT2D eigenvalue weighted by atomic mass is 16.5. The molecule has 150 valence electrons. The van der Waals surface area contributed by atoms with Crippen LogP contribution in [0.25, 0.3) is 0 Å². The summed E-state index contributed by atoms with van der Waals surface area (Å²) in [5.41, 5.74) is 0.233. The molecule has 1 N–H and O–H groups in total. The average Bonchev–Trinajstić information content (AvgIpc) is 2.73. The predicted molar refractivity (Wildman–Crippen MR) is 109 cm³/mol. The normalized spacial score (nSPS) is 27.2. The van der Waals surface area contributed by atoms with Crippen LogP contribution in [0.4, 0.5) is 0 Å². The third kappa shape index (κ3) is 3.79. The zero-order valence-electron chi connectivity index (χ0n) is 17.0. The predicted octanol–water partition coefficient (Wildman–Crippen LogP) is 4.50. The Morgan fingerprint density at radius 1 is 1.07 bits per heavy atom. The molecule has 0 unspecified atom stereocenters. The van der Waals surface area contributed by atoms with Crippen molar-refractivity contribution in [1.29, 1.82) is 0 Å². The first-order valence-electron chi connectivity index (χ1n) is 9.93. The Bertz CT molecular complexity index is 786. The Hall–Kier alpha value is -2.33. The van der Waals surface area contributed by atoms with Crippen molar-refractivity contribution in [3.8, 4) is 5.75 Å². The number of hydrogen-bond acceptors (Lipinski definition) is 4. The van der Waals surface area contributed by atoms with E-state index >= 15 is 0 Å². The lowest BCUT2D eigenvalue weighted by molar-refractivity contribution is -0.175. The summed E-state index contributed by atoms with van der Waals surface area (Å²) >= 11 is 0. The van der Waals surface area contributed by atoms with Crippen molar-refractivity contribution >= 4 is 5.97 Å². The van der Waals surface area contributed by atoms with Crippen molar-refractivity contribution in [2.24, 2.45) is 11.3 Å². The first-order chi connectivity index (χ1) is 13.4. The highest BCUT2D eigenvalue weighted by Crippen LogP contribution is 2.53. The summed E-state index contributed by atoms with van der Waals surface area (Å²) in [5, 5.41) is 11.9. The molecule has 0 aliphatic heterocycles. The van der Waals surface area contributed by atoms with Crippen LogP contribution < -0.4 is 4.74 Å². The van der Waals surface area contributed by atoms with E-state index in [0.29, 0.717) is 12.8 Å². The molecule has 0 radical (unpaired) electrons. The Kier molecular flexibility index (Phi) is 6.09. The average molecular weight is 383 g/mol. The second-order valence-corrected chi connectivity index (χ2v) is 7.99. The summed E-state index contributed by atoms with van der Waals surface area (Å²) < 4.78 is 10.4. The highest BCUT2D eigenvalue weighted by Gasteiger charge is 2.55. The molecule has 1 aliphatic rings. The van der Waals surface area contributed by atoms with Gasteiger partial charge in [0.05, 0.1) is 25.2 Å². The van der Waals surface area contributed by atoms with Gasteiger partial charge in [-0.1, -0.05) is 42.5 Å². The van der Waals surface area contributed by atoms with Gasteiger partial charge in [0.2, 0.25) is 0 Å². The maximum absolute atomic E-state index is 12.8. The molecule has 28 heavy (non-hydrogen) atoms. The van der Waals surface area contributed by atoms with Crippen LogP contribution in [0.15, 0.2) is 54.6 Å². The van der Waals surface area contributed by atoms with E-state index in [1.165, 1.54) is 12.7 Å². The van der Waals surface area contributed by atoms with Gasteiger partial charge in [0.25, 0.3) is 0 Å². The fraction of sp³-hybridized carbons (Fsp3) is 0.458. The van der Waals surface area contributed by atoms with Gasteiger partial charge in [-0.15, -0.1) is 0 Å². The molecule has 0 aromatic heterocycles. The standard InChI is InChI=1S/C24H30O4/c1-23(22(25)28-3)16-7-17-24(26,19-11-13-20(27-2)14-12-19)21(23)15-10-18-8-5-4-6-9-18/h4-6,8-9,11-14,21,26H,7,10,15-17H2,1-3H3/t21-,23-,24-/m0/s1. The van der Waals surface area contributed by atoms with Gasteiger partial charge in [0, 0.05) is 5.92 Å². The number of carbonyl (C=O) groups excluding carboxylic acids is 1. The number of methoxy groups -OCH3 is 2. The van der Waals surface area contributed by atoms with E-state index in [2.05, 4.69) is 12.1 Å². The van der Waals surface area contributed by atoms with Gasteiger partial charge in [0.1, 0.15) is 5.75 Å². The van der Waals surface area contributed by atoms with Crippen molar-refractivity contribution in [3.63, 3.8) is 0 Å². The van der Waals surface area contributed by atoms with E-state index in [9.17, 15) is 9.90 Å². The molecule has 0 spiro atoms. The molecule has 0 saturated heterocycles. The number of ether oxygens (including phenoxy) is 2. The highest BCUT2D eigenvalue weighted by molar-refractivity contribution is 5.77. The zero-order valence-corrected chi connectivity index (χ0v) is 17.0. The van der Waals surface area contributed by atoms with Crippen LogP contribution in [-0.4, -0.2) is 25.3 Å². The van der Waals surface area contributed by atoms with E-state index in [0.717, 1.165) is 30.6 Å². The van der Waals surface area contributed by atoms with Crippen molar-refractivity contribution in [2.45, 2.75) is 44.6 Å². The minimum atomic E-state index is -1.08. The summed E-state index contributed by atoms with van der Waals surface area (Å²) in [6, 6.07) is 17.8. The van der Waals surface area contributed by atoms with Crippen LogP contribution in [0.3, 0.4) is 0 Å². The quantitative estimate of drug-likeness (QED) is 0.748. The molecule has 0 heterocycles. The first kappa shape index (κ1) is 20.4. The molecule has 4 heteroatoms.